The molecule has 2 aromatic rings. The molecule has 0 fully saturated rings. The quantitative estimate of drug-likeness (QED) is 0.850. The van der Waals surface area contributed by atoms with Crippen molar-refractivity contribution >= 4 is 23.2 Å². The second-order valence-corrected chi connectivity index (χ2v) is 6.58. The molecule has 0 bridgehead atoms. The lowest BCUT2D eigenvalue weighted by Gasteiger charge is -2.24. The number of carbonyl (C=O) groups excluding carboxylic acids is 2. The SMILES string of the molecule is CC(=O)N(CC(=O)Nc1ccc(OC(C)C)cc1)c1c(C)cccc1C. The zero-order valence-electron chi connectivity index (χ0n) is 16.0. The van der Waals surface area contributed by atoms with E-state index in [1.165, 1.54) is 11.8 Å². The van der Waals surface area contributed by atoms with Crippen molar-refractivity contribution in [2.45, 2.75) is 40.7 Å². The summed E-state index contributed by atoms with van der Waals surface area (Å²) in [5, 5.41) is 2.83. The molecule has 5 nitrogen and oxygen atoms in total. The number of ether oxygens (including phenoxy) is 1. The fourth-order valence-corrected chi connectivity index (χ4v) is 2.81. The summed E-state index contributed by atoms with van der Waals surface area (Å²) in [6, 6.07) is 13.0. The van der Waals surface area contributed by atoms with E-state index in [0.717, 1.165) is 22.6 Å². The number of amides is 2. The maximum atomic E-state index is 12.4. The van der Waals surface area contributed by atoms with Crippen LogP contribution in [-0.2, 0) is 9.59 Å². The van der Waals surface area contributed by atoms with E-state index in [1.807, 2.05) is 58.0 Å². The predicted octanol–water partition coefficient (Wildman–Crippen LogP) is 4.08. The average Bonchev–Trinajstić information content (AvgIpc) is 2.55. The van der Waals surface area contributed by atoms with Crippen LogP contribution in [0.25, 0.3) is 0 Å². The maximum Gasteiger partial charge on any atom is 0.244 e. The lowest BCUT2D eigenvalue weighted by Crippen LogP contribution is -2.37. The van der Waals surface area contributed by atoms with Crippen LogP contribution in [0.5, 0.6) is 5.75 Å². The van der Waals surface area contributed by atoms with Crippen molar-refractivity contribution < 1.29 is 14.3 Å². The molecule has 0 saturated carbocycles. The van der Waals surface area contributed by atoms with Crippen LogP contribution in [0.15, 0.2) is 42.5 Å². The minimum atomic E-state index is -0.250. The van der Waals surface area contributed by atoms with Crippen LogP contribution >= 0.6 is 0 Å². The van der Waals surface area contributed by atoms with Gasteiger partial charge in [0.05, 0.1) is 11.8 Å². The minimum absolute atomic E-state index is 0.0364. The standard InChI is InChI=1S/C21H26N2O3/c1-14(2)26-19-11-9-18(10-12-19)22-20(25)13-23(17(5)24)21-15(3)7-6-8-16(21)4/h6-12,14H,13H2,1-5H3,(H,22,25). The van der Waals surface area contributed by atoms with Gasteiger partial charge < -0.3 is 15.0 Å². The molecule has 138 valence electrons. The Hall–Kier alpha value is -2.82. The second-order valence-electron chi connectivity index (χ2n) is 6.58. The number of hydrogen-bond donors (Lipinski definition) is 1. The third-order valence-corrected chi connectivity index (χ3v) is 3.90. The van der Waals surface area contributed by atoms with Gasteiger partial charge in [0, 0.05) is 12.6 Å². The fourth-order valence-electron chi connectivity index (χ4n) is 2.81. The van der Waals surface area contributed by atoms with E-state index in [2.05, 4.69) is 5.32 Å². The van der Waals surface area contributed by atoms with Crippen molar-refractivity contribution in [2.24, 2.45) is 0 Å². The van der Waals surface area contributed by atoms with Crippen molar-refractivity contribution in [1.29, 1.82) is 0 Å². The summed E-state index contributed by atoms with van der Waals surface area (Å²) in [6.07, 6.45) is 0.0944. The highest BCUT2D eigenvalue weighted by atomic mass is 16.5. The third-order valence-electron chi connectivity index (χ3n) is 3.90. The molecule has 1 N–H and O–H groups in total. The number of para-hydroxylation sites is 1. The number of hydrogen-bond acceptors (Lipinski definition) is 3. The fraction of sp³-hybridized carbons (Fsp3) is 0.333. The molecule has 2 rings (SSSR count). The van der Waals surface area contributed by atoms with Gasteiger partial charge in [-0.3, -0.25) is 9.59 Å². The monoisotopic (exact) mass is 354 g/mol. The zero-order valence-corrected chi connectivity index (χ0v) is 16.0. The Morgan fingerprint density at radius 3 is 2.12 bits per heavy atom. The number of aryl methyl sites for hydroxylation is 2. The first-order valence-corrected chi connectivity index (χ1v) is 8.69. The van der Waals surface area contributed by atoms with Gasteiger partial charge in [0.25, 0.3) is 0 Å². The van der Waals surface area contributed by atoms with Crippen molar-refractivity contribution in [1.82, 2.24) is 0 Å². The molecular weight excluding hydrogens is 328 g/mol. The molecule has 0 aliphatic rings. The number of carbonyl (C=O) groups is 2. The number of nitrogens with one attached hydrogen (secondary N) is 1. The van der Waals surface area contributed by atoms with Crippen molar-refractivity contribution in [3.05, 3.63) is 53.6 Å². The van der Waals surface area contributed by atoms with E-state index in [1.54, 1.807) is 12.1 Å². The summed E-state index contributed by atoms with van der Waals surface area (Å²) < 4.78 is 5.59. The van der Waals surface area contributed by atoms with E-state index in [9.17, 15) is 9.59 Å². The molecule has 0 unspecified atom stereocenters. The van der Waals surface area contributed by atoms with Crippen LogP contribution in [0.2, 0.25) is 0 Å². The topological polar surface area (TPSA) is 58.6 Å². The van der Waals surface area contributed by atoms with E-state index in [4.69, 9.17) is 4.74 Å². The highest BCUT2D eigenvalue weighted by Gasteiger charge is 2.19. The Balaban J connectivity index is 2.10. The van der Waals surface area contributed by atoms with E-state index in [-0.39, 0.29) is 24.5 Å². The van der Waals surface area contributed by atoms with Gasteiger partial charge in [-0.05, 0) is 63.1 Å². The Morgan fingerprint density at radius 1 is 1.04 bits per heavy atom. The molecule has 0 saturated heterocycles. The molecule has 0 atom stereocenters. The van der Waals surface area contributed by atoms with Gasteiger partial charge in [0.1, 0.15) is 12.3 Å². The highest BCUT2D eigenvalue weighted by Crippen LogP contribution is 2.25. The molecule has 0 aliphatic carbocycles. The zero-order chi connectivity index (χ0) is 19.3. The summed E-state index contributed by atoms with van der Waals surface area (Å²) in [4.78, 5) is 26.1. The molecule has 0 aromatic heterocycles. The maximum absolute atomic E-state index is 12.4. The predicted molar refractivity (Wildman–Crippen MR) is 105 cm³/mol. The first-order chi connectivity index (χ1) is 12.3. The molecule has 0 radical (unpaired) electrons. The number of benzene rings is 2. The Labute approximate surface area is 155 Å². The minimum Gasteiger partial charge on any atom is -0.491 e. The van der Waals surface area contributed by atoms with Gasteiger partial charge in [-0.2, -0.15) is 0 Å². The first kappa shape index (κ1) is 19.5. The van der Waals surface area contributed by atoms with Gasteiger partial charge in [-0.1, -0.05) is 18.2 Å². The normalized spacial score (nSPS) is 10.5. The molecule has 2 amide bonds. The van der Waals surface area contributed by atoms with Crippen LogP contribution in [0.3, 0.4) is 0 Å². The smallest absolute Gasteiger partial charge is 0.244 e. The van der Waals surface area contributed by atoms with Crippen LogP contribution in [0, 0.1) is 13.8 Å². The van der Waals surface area contributed by atoms with E-state index in [0.29, 0.717) is 5.69 Å². The number of anilines is 2. The van der Waals surface area contributed by atoms with Crippen molar-refractivity contribution in [2.75, 3.05) is 16.8 Å². The molecular formula is C21H26N2O3. The number of rotatable bonds is 6. The molecule has 0 spiro atoms. The van der Waals surface area contributed by atoms with Gasteiger partial charge >= 0.3 is 0 Å². The Bertz CT molecular complexity index is 762. The van der Waals surface area contributed by atoms with E-state index >= 15 is 0 Å². The lowest BCUT2D eigenvalue weighted by molar-refractivity contribution is -0.120. The summed E-state index contributed by atoms with van der Waals surface area (Å²) in [5.74, 6) is 0.331. The molecule has 5 heteroatoms. The van der Waals surface area contributed by atoms with Crippen molar-refractivity contribution in [3.8, 4) is 5.75 Å². The highest BCUT2D eigenvalue weighted by molar-refractivity contribution is 6.02. The van der Waals surface area contributed by atoms with Crippen LogP contribution in [-0.4, -0.2) is 24.5 Å². The van der Waals surface area contributed by atoms with E-state index < -0.39 is 0 Å². The van der Waals surface area contributed by atoms with Crippen LogP contribution in [0.4, 0.5) is 11.4 Å². The average molecular weight is 354 g/mol. The van der Waals surface area contributed by atoms with Crippen LogP contribution in [0.1, 0.15) is 31.9 Å². The molecule has 2 aromatic carbocycles. The van der Waals surface area contributed by atoms with Gasteiger partial charge in [-0.25, -0.2) is 0 Å². The summed E-state index contributed by atoms with van der Waals surface area (Å²) in [7, 11) is 0. The second kappa shape index (κ2) is 8.52. The van der Waals surface area contributed by atoms with Gasteiger partial charge in [-0.15, -0.1) is 0 Å². The lowest BCUT2D eigenvalue weighted by atomic mass is 10.1. The van der Waals surface area contributed by atoms with Crippen LogP contribution < -0.4 is 15.0 Å². The largest absolute Gasteiger partial charge is 0.491 e. The Morgan fingerprint density at radius 2 is 1.62 bits per heavy atom. The van der Waals surface area contributed by atoms with Gasteiger partial charge in [0.2, 0.25) is 11.8 Å². The third kappa shape index (κ3) is 5.09. The summed E-state index contributed by atoms with van der Waals surface area (Å²) in [5.41, 5.74) is 3.37. The molecule has 26 heavy (non-hydrogen) atoms. The summed E-state index contributed by atoms with van der Waals surface area (Å²) in [6.45, 7) is 9.22. The first-order valence-electron chi connectivity index (χ1n) is 8.69. The number of nitrogens with zero attached hydrogens (tertiary/aromatic N) is 1. The van der Waals surface area contributed by atoms with Gasteiger partial charge in [0.15, 0.2) is 0 Å². The molecule has 0 aliphatic heterocycles. The molecule has 0 heterocycles. The van der Waals surface area contributed by atoms with Crippen molar-refractivity contribution in [3.63, 3.8) is 0 Å². The Kier molecular flexibility index (Phi) is 6.39. The summed E-state index contributed by atoms with van der Waals surface area (Å²) >= 11 is 0.